The van der Waals surface area contributed by atoms with E-state index in [-0.39, 0.29) is 11.9 Å². The SMILES string of the molecule is CCC/C=C1\OC(=O)c2ccc(NC(C)=O)cc21. The van der Waals surface area contributed by atoms with Gasteiger partial charge in [0.05, 0.1) is 5.56 Å². The van der Waals surface area contributed by atoms with Gasteiger partial charge in [0.1, 0.15) is 5.76 Å². The summed E-state index contributed by atoms with van der Waals surface area (Å²) in [5.41, 5.74) is 1.97. The molecular formula is C14H15NO3. The molecule has 0 spiro atoms. The third-order valence-corrected chi connectivity index (χ3v) is 2.65. The van der Waals surface area contributed by atoms with Gasteiger partial charge in [0.2, 0.25) is 5.91 Å². The van der Waals surface area contributed by atoms with E-state index in [9.17, 15) is 9.59 Å². The summed E-state index contributed by atoms with van der Waals surface area (Å²) in [6.45, 7) is 3.51. The Labute approximate surface area is 106 Å². The lowest BCUT2D eigenvalue weighted by atomic mass is 10.1. The van der Waals surface area contributed by atoms with Gasteiger partial charge in [0.25, 0.3) is 0 Å². The first-order valence-corrected chi connectivity index (χ1v) is 5.96. The number of ether oxygens (including phenoxy) is 1. The number of amides is 1. The van der Waals surface area contributed by atoms with Crippen LogP contribution in [0.5, 0.6) is 0 Å². The lowest BCUT2D eigenvalue weighted by molar-refractivity contribution is -0.114. The number of esters is 1. The molecule has 1 aromatic carbocycles. The quantitative estimate of drug-likeness (QED) is 0.833. The summed E-state index contributed by atoms with van der Waals surface area (Å²) in [5.74, 6) is 0.116. The fraction of sp³-hybridized carbons (Fsp3) is 0.286. The van der Waals surface area contributed by atoms with Gasteiger partial charge < -0.3 is 10.1 Å². The van der Waals surface area contributed by atoms with Gasteiger partial charge in [-0.15, -0.1) is 0 Å². The van der Waals surface area contributed by atoms with Crippen molar-refractivity contribution in [2.24, 2.45) is 0 Å². The van der Waals surface area contributed by atoms with E-state index in [2.05, 4.69) is 12.2 Å². The molecule has 18 heavy (non-hydrogen) atoms. The molecule has 1 aliphatic rings. The van der Waals surface area contributed by atoms with Crippen molar-refractivity contribution in [3.8, 4) is 0 Å². The van der Waals surface area contributed by atoms with Crippen LogP contribution in [0.3, 0.4) is 0 Å². The molecular weight excluding hydrogens is 230 g/mol. The molecule has 1 aromatic rings. The molecule has 1 heterocycles. The van der Waals surface area contributed by atoms with Crippen molar-refractivity contribution in [3.05, 3.63) is 35.4 Å². The molecule has 0 bridgehead atoms. The van der Waals surface area contributed by atoms with Gasteiger partial charge in [0, 0.05) is 18.2 Å². The maximum absolute atomic E-state index is 11.6. The fourth-order valence-corrected chi connectivity index (χ4v) is 1.84. The monoisotopic (exact) mass is 245 g/mol. The number of allylic oxidation sites excluding steroid dienone is 1. The Morgan fingerprint density at radius 1 is 1.39 bits per heavy atom. The van der Waals surface area contributed by atoms with Gasteiger partial charge in [-0.1, -0.05) is 13.3 Å². The number of benzene rings is 1. The molecule has 0 unspecified atom stereocenters. The first-order chi connectivity index (χ1) is 8.61. The summed E-state index contributed by atoms with van der Waals surface area (Å²) in [5, 5.41) is 2.69. The molecule has 0 saturated heterocycles. The lowest BCUT2D eigenvalue weighted by Crippen LogP contribution is -2.06. The van der Waals surface area contributed by atoms with Crippen LogP contribution < -0.4 is 5.32 Å². The summed E-state index contributed by atoms with van der Waals surface area (Å²) in [7, 11) is 0. The first kappa shape index (κ1) is 12.4. The number of carbonyl (C=O) groups is 2. The molecule has 0 radical (unpaired) electrons. The van der Waals surface area contributed by atoms with Crippen LogP contribution in [-0.4, -0.2) is 11.9 Å². The van der Waals surface area contributed by atoms with Crippen LogP contribution in [0.2, 0.25) is 0 Å². The second-order valence-electron chi connectivity index (χ2n) is 4.19. The highest BCUT2D eigenvalue weighted by Crippen LogP contribution is 2.32. The van der Waals surface area contributed by atoms with Crippen LogP contribution in [0, 0.1) is 0 Å². The normalized spacial score (nSPS) is 15.4. The summed E-state index contributed by atoms with van der Waals surface area (Å²) >= 11 is 0. The third kappa shape index (κ3) is 2.42. The van der Waals surface area contributed by atoms with Crippen molar-refractivity contribution in [3.63, 3.8) is 0 Å². The summed E-state index contributed by atoms with van der Waals surface area (Å²) < 4.78 is 5.20. The number of rotatable bonds is 3. The highest BCUT2D eigenvalue weighted by atomic mass is 16.5. The van der Waals surface area contributed by atoms with Gasteiger partial charge in [-0.3, -0.25) is 4.79 Å². The molecule has 4 heteroatoms. The first-order valence-electron chi connectivity index (χ1n) is 5.96. The van der Waals surface area contributed by atoms with E-state index in [1.807, 2.05) is 6.08 Å². The number of carbonyl (C=O) groups excluding carboxylic acids is 2. The van der Waals surface area contributed by atoms with E-state index >= 15 is 0 Å². The molecule has 4 nitrogen and oxygen atoms in total. The maximum Gasteiger partial charge on any atom is 0.344 e. The number of hydrogen-bond donors (Lipinski definition) is 1. The van der Waals surface area contributed by atoms with Gasteiger partial charge in [-0.05, 0) is 30.7 Å². The van der Waals surface area contributed by atoms with Crippen LogP contribution in [-0.2, 0) is 9.53 Å². The summed E-state index contributed by atoms with van der Waals surface area (Å²) in [4.78, 5) is 22.6. The van der Waals surface area contributed by atoms with E-state index in [4.69, 9.17) is 4.74 Å². The summed E-state index contributed by atoms with van der Waals surface area (Å²) in [6.07, 6.45) is 3.75. The van der Waals surface area contributed by atoms with E-state index < -0.39 is 0 Å². The van der Waals surface area contributed by atoms with Crippen molar-refractivity contribution >= 4 is 23.3 Å². The van der Waals surface area contributed by atoms with E-state index in [1.54, 1.807) is 18.2 Å². The Hall–Kier alpha value is -2.10. The maximum atomic E-state index is 11.6. The zero-order valence-corrected chi connectivity index (χ0v) is 10.4. The van der Waals surface area contributed by atoms with E-state index in [0.717, 1.165) is 18.4 Å². The van der Waals surface area contributed by atoms with Crippen LogP contribution in [0.15, 0.2) is 24.3 Å². The highest BCUT2D eigenvalue weighted by Gasteiger charge is 2.26. The number of cyclic esters (lactones) is 1. The van der Waals surface area contributed by atoms with E-state index in [0.29, 0.717) is 17.0 Å². The standard InChI is InChI=1S/C14H15NO3/c1-3-4-5-13-12-8-10(15-9(2)16)6-7-11(12)14(17)18-13/h5-8H,3-4H2,1-2H3,(H,15,16)/b13-5-. The highest BCUT2D eigenvalue weighted by molar-refractivity contribution is 6.04. The second kappa shape index (κ2) is 5.04. The molecule has 0 aliphatic carbocycles. The molecule has 0 atom stereocenters. The Balaban J connectivity index is 2.37. The molecule has 1 amide bonds. The minimum atomic E-state index is -0.332. The van der Waals surface area contributed by atoms with Gasteiger partial charge in [-0.25, -0.2) is 4.79 Å². The van der Waals surface area contributed by atoms with Crippen molar-refractivity contribution in [2.75, 3.05) is 5.32 Å². The molecule has 0 saturated carbocycles. The summed E-state index contributed by atoms with van der Waals surface area (Å²) in [6, 6.07) is 5.14. The zero-order chi connectivity index (χ0) is 13.1. The van der Waals surface area contributed by atoms with Gasteiger partial charge in [0.15, 0.2) is 0 Å². The number of hydrogen-bond acceptors (Lipinski definition) is 3. The van der Waals surface area contributed by atoms with Crippen LogP contribution >= 0.6 is 0 Å². The number of fused-ring (bicyclic) bond motifs is 1. The average Bonchev–Trinajstić information content (AvgIpc) is 2.62. The molecule has 0 aromatic heterocycles. The molecule has 1 N–H and O–H groups in total. The molecule has 2 rings (SSSR count). The zero-order valence-electron chi connectivity index (χ0n) is 10.4. The third-order valence-electron chi connectivity index (χ3n) is 2.65. The predicted molar refractivity (Wildman–Crippen MR) is 69.0 cm³/mol. The van der Waals surface area contributed by atoms with Crippen molar-refractivity contribution in [1.29, 1.82) is 0 Å². The topological polar surface area (TPSA) is 55.4 Å². The smallest absolute Gasteiger partial charge is 0.344 e. The molecule has 94 valence electrons. The van der Waals surface area contributed by atoms with Gasteiger partial charge >= 0.3 is 5.97 Å². The number of unbranched alkanes of at least 4 members (excludes halogenated alkanes) is 1. The van der Waals surface area contributed by atoms with Crippen molar-refractivity contribution in [2.45, 2.75) is 26.7 Å². The molecule has 1 aliphatic heterocycles. The minimum Gasteiger partial charge on any atom is -0.423 e. The fourth-order valence-electron chi connectivity index (χ4n) is 1.84. The Morgan fingerprint density at radius 2 is 2.17 bits per heavy atom. The van der Waals surface area contributed by atoms with Gasteiger partial charge in [-0.2, -0.15) is 0 Å². The Bertz CT molecular complexity index is 532. The minimum absolute atomic E-state index is 0.140. The van der Waals surface area contributed by atoms with Crippen molar-refractivity contribution in [1.82, 2.24) is 0 Å². The average molecular weight is 245 g/mol. The molecule has 0 fully saturated rings. The lowest BCUT2D eigenvalue weighted by Gasteiger charge is -2.03. The Morgan fingerprint density at radius 3 is 2.83 bits per heavy atom. The van der Waals surface area contributed by atoms with Crippen LogP contribution in [0.1, 0.15) is 42.6 Å². The largest absolute Gasteiger partial charge is 0.423 e. The van der Waals surface area contributed by atoms with E-state index in [1.165, 1.54) is 6.92 Å². The number of anilines is 1. The van der Waals surface area contributed by atoms with Crippen LogP contribution in [0.25, 0.3) is 5.76 Å². The number of nitrogens with one attached hydrogen (secondary N) is 1. The van der Waals surface area contributed by atoms with Crippen molar-refractivity contribution < 1.29 is 14.3 Å². The van der Waals surface area contributed by atoms with Crippen LogP contribution in [0.4, 0.5) is 5.69 Å². The second-order valence-corrected chi connectivity index (χ2v) is 4.19. The predicted octanol–water partition coefficient (Wildman–Crippen LogP) is 2.96. The Kier molecular flexibility index (Phi) is 3.46.